The SMILES string of the molecule is CC(C)Cc1cc(CNCCN2CCN(c3ccc([N+](=O)[O-])cc3)CC2)nn1-c1ccccc1. The van der Waals surface area contributed by atoms with Crippen LogP contribution in [0.3, 0.4) is 0 Å². The van der Waals surface area contributed by atoms with Gasteiger partial charge < -0.3 is 10.2 Å². The number of benzene rings is 2. The molecule has 2 heterocycles. The fraction of sp³-hybridized carbons (Fsp3) is 0.423. The predicted molar refractivity (Wildman–Crippen MR) is 136 cm³/mol. The smallest absolute Gasteiger partial charge is 0.269 e. The Morgan fingerprint density at radius 3 is 2.35 bits per heavy atom. The van der Waals surface area contributed by atoms with Crippen LogP contribution in [0.2, 0.25) is 0 Å². The topological polar surface area (TPSA) is 79.5 Å². The maximum absolute atomic E-state index is 10.8. The molecular formula is C26H34N6O2. The molecule has 1 fully saturated rings. The fourth-order valence-corrected chi connectivity index (χ4v) is 4.39. The van der Waals surface area contributed by atoms with E-state index in [-0.39, 0.29) is 10.6 Å². The van der Waals surface area contributed by atoms with Crippen molar-refractivity contribution in [2.24, 2.45) is 5.92 Å². The number of aromatic nitrogens is 2. The van der Waals surface area contributed by atoms with E-state index >= 15 is 0 Å². The second-order valence-electron chi connectivity index (χ2n) is 9.25. The Kier molecular flexibility index (Phi) is 7.92. The van der Waals surface area contributed by atoms with Gasteiger partial charge in [0.25, 0.3) is 5.69 Å². The zero-order chi connectivity index (χ0) is 23.9. The minimum absolute atomic E-state index is 0.137. The molecule has 0 unspecified atom stereocenters. The van der Waals surface area contributed by atoms with E-state index < -0.39 is 0 Å². The van der Waals surface area contributed by atoms with E-state index in [1.807, 2.05) is 18.2 Å². The molecule has 3 aromatic rings. The van der Waals surface area contributed by atoms with E-state index in [4.69, 9.17) is 5.10 Å². The van der Waals surface area contributed by atoms with Gasteiger partial charge in [0.2, 0.25) is 0 Å². The molecular weight excluding hydrogens is 428 g/mol. The largest absolute Gasteiger partial charge is 0.369 e. The van der Waals surface area contributed by atoms with Gasteiger partial charge in [-0.1, -0.05) is 32.0 Å². The Morgan fingerprint density at radius 2 is 1.71 bits per heavy atom. The molecule has 1 N–H and O–H groups in total. The van der Waals surface area contributed by atoms with Crippen molar-refractivity contribution in [3.63, 3.8) is 0 Å². The number of non-ortho nitro benzene ring substituents is 1. The summed E-state index contributed by atoms with van der Waals surface area (Å²) in [6.45, 7) is 11.0. The Morgan fingerprint density at radius 1 is 1.00 bits per heavy atom. The van der Waals surface area contributed by atoms with Gasteiger partial charge in [0.1, 0.15) is 0 Å². The van der Waals surface area contributed by atoms with Crippen LogP contribution in [0, 0.1) is 16.0 Å². The lowest BCUT2D eigenvalue weighted by atomic mass is 10.1. The van der Waals surface area contributed by atoms with E-state index in [1.54, 1.807) is 12.1 Å². The van der Waals surface area contributed by atoms with Gasteiger partial charge in [-0.2, -0.15) is 5.10 Å². The van der Waals surface area contributed by atoms with Gasteiger partial charge in [-0.3, -0.25) is 15.0 Å². The maximum Gasteiger partial charge on any atom is 0.269 e. The van der Waals surface area contributed by atoms with Gasteiger partial charge in [0, 0.05) is 69.3 Å². The molecule has 2 aromatic carbocycles. The first-order chi connectivity index (χ1) is 16.5. The van der Waals surface area contributed by atoms with Crippen LogP contribution < -0.4 is 10.2 Å². The van der Waals surface area contributed by atoms with Crippen LogP contribution in [0.25, 0.3) is 5.69 Å². The summed E-state index contributed by atoms with van der Waals surface area (Å²) in [7, 11) is 0. The fourth-order valence-electron chi connectivity index (χ4n) is 4.39. The number of hydrogen-bond donors (Lipinski definition) is 1. The van der Waals surface area contributed by atoms with E-state index in [2.05, 4.69) is 64.0 Å². The zero-order valence-corrected chi connectivity index (χ0v) is 20.1. The van der Waals surface area contributed by atoms with Crippen molar-refractivity contribution in [3.8, 4) is 5.69 Å². The van der Waals surface area contributed by atoms with Gasteiger partial charge in [0.15, 0.2) is 0 Å². The summed E-state index contributed by atoms with van der Waals surface area (Å²) in [6.07, 6.45) is 1.00. The van der Waals surface area contributed by atoms with E-state index in [0.717, 1.165) is 69.3 Å². The quantitative estimate of drug-likeness (QED) is 0.280. The lowest BCUT2D eigenvalue weighted by Gasteiger charge is -2.36. The summed E-state index contributed by atoms with van der Waals surface area (Å²) >= 11 is 0. The number of nitrogens with zero attached hydrogens (tertiary/aromatic N) is 5. The highest BCUT2D eigenvalue weighted by Crippen LogP contribution is 2.20. The first kappa shape index (κ1) is 23.9. The van der Waals surface area contributed by atoms with Crippen molar-refractivity contribution >= 4 is 11.4 Å². The summed E-state index contributed by atoms with van der Waals surface area (Å²) < 4.78 is 2.08. The second-order valence-corrected chi connectivity index (χ2v) is 9.25. The van der Waals surface area contributed by atoms with Crippen molar-refractivity contribution in [2.45, 2.75) is 26.8 Å². The van der Waals surface area contributed by atoms with Gasteiger partial charge in [-0.05, 0) is 42.7 Å². The second kappa shape index (κ2) is 11.3. The van der Waals surface area contributed by atoms with Crippen LogP contribution in [0.1, 0.15) is 25.2 Å². The Balaban J connectivity index is 1.23. The molecule has 1 aromatic heterocycles. The molecule has 0 radical (unpaired) electrons. The number of nitro groups is 1. The molecule has 0 amide bonds. The average Bonchev–Trinajstić information content (AvgIpc) is 3.24. The molecule has 1 aliphatic rings. The highest BCUT2D eigenvalue weighted by molar-refractivity contribution is 5.51. The lowest BCUT2D eigenvalue weighted by Crippen LogP contribution is -2.48. The summed E-state index contributed by atoms with van der Waals surface area (Å²) in [6, 6.07) is 19.4. The Hall–Kier alpha value is -3.23. The summed E-state index contributed by atoms with van der Waals surface area (Å²) in [4.78, 5) is 15.2. The van der Waals surface area contributed by atoms with Gasteiger partial charge in [0.05, 0.1) is 16.3 Å². The van der Waals surface area contributed by atoms with Gasteiger partial charge in [-0.15, -0.1) is 0 Å². The molecule has 4 rings (SSSR count). The highest BCUT2D eigenvalue weighted by Gasteiger charge is 2.18. The van der Waals surface area contributed by atoms with Gasteiger partial charge in [-0.25, -0.2) is 4.68 Å². The van der Waals surface area contributed by atoms with Crippen LogP contribution in [0.4, 0.5) is 11.4 Å². The van der Waals surface area contributed by atoms with Crippen molar-refractivity contribution in [1.29, 1.82) is 0 Å². The number of anilines is 1. The van der Waals surface area contributed by atoms with Gasteiger partial charge >= 0.3 is 0 Å². The van der Waals surface area contributed by atoms with Crippen LogP contribution in [0.15, 0.2) is 60.7 Å². The number of nitro benzene ring substituents is 1. The van der Waals surface area contributed by atoms with Crippen LogP contribution in [-0.2, 0) is 13.0 Å². The third-order valence-electron chi connectivity index (χ3n) is 6.16. The predicted octanol–water partition coefficient (Wildman–Crippen LogP) is 3.89. The number of hydrogen-bond acceptors (Lipinski definition) is 6. The van der Waals surface area contributed by atoms with Crippen LogP contribution in [0.5, 0.6) is 0 Å². The van der Waals surface area contributed by atoms with E-state index in [1.165, 1.54) is 5.69 Å². The number of nitrogens with one attached hydrogen (secondary N) is 1. The minimum atomic E-state index is -0.355. The van der Waals surface area contributed by atoms with E-state index in [9.17, 15) is 10.1 Å². The van der Waals surface area contributed by atoms with Crippen molar-refractivity contribution in [3.05, 3.63) is 82.2 Å². The molecule has 1 saturated heterocycles. The van der Waals surface area contributed by atoms with Crippen LogP contribution >= 0.6 is 0 Å². The number of rotatable bonds is 10. The third kappa shape index (κ3) is 6.21. The standard InChI is InChI=1S/C26H34N6O2/c1-21(2)18-26-19-22(28-31(26)24-6-4-3-5-7-24)20-27-12-13-29-14-16-30(17-15-29)23-8-10-25(11-9-23)32(33)34/h3-11,19,21,27H,12-18,20H2,1-2H3. The molecule has 0 bridgehead atoms. The lowest BCUT2D eigenvalue weighted by molar-refractivity contribution is -0.384. The van der Waals surface area contributed by atoms with Crippen LogP contribution in [-0.4, -0.2) is 58.9 Å². The highest BCUT2D eigenvalue weighted by atomic mass is 16.6. The zero-order valence-electron chi connectivity index (χ0n) is 20.1. The number of piperazine rings is 1. The molecule has 180 valence electrons. The summed E-state index contributed by atoms with van der Waals surface area (Å²) in [5.74, 6) is 0.574. The molecule has 8 nitrogen and oxygen atoms in total. The van der Waals surface area contributed by atoms with Crippen molar-refractivity contribution in [2.75, 3.05) is 44.2 Å². The number of para-hydroxylation sites is 1. The van der Waals surface area contributed by atoms with E-state index in [0.29, 0.717) is 5.92 Å². The molecule has 0 saturated carbocycles. The first-order valence-electron chi connectivity index (χ1n) is 12.1. The molecule has 34 heavy (non-hydrogen) atoms. The molecule has 0 spiro atoms. The maximum atomic E-state index is 10.8. The molecule has 1 aliphatic heterocycles. The molecule has 0 aliphatic carbocycles. The Labute approximate surface area is 201 Å². The average molecular weight is 463 g/mol. The summed E-state index contributed by atoms with van der Waals surface area (Å²) in [5.41, 5.74) is 4.62. The first-order valence-corrected chi connectivity index (χ1v) is 12.1. The Bertz CT molecular complexity index is 1060. The molecule has 8 heteroatoms. The minimum Gasteiger partial charge on any atom is -0.369 e. The van der Waals surface area contributed by atoms with Crippen molar-refractivity contribution in [1.82, 2.24) is 20.0 Å². The monoisotopic (exact) mass is 462 g/mol. The normalized spacial score (nSPS) is 14.6. The molecule has 0 atom stereocenters. The van der Waals surface area contributed by atoms with Crippen molar-refractivity contribution < 1.29 is 4.92 Å². The third-order valence-corrected chi connectivity index (χ3v) is 6.16. The summed E-state index contributed by atoms with van der Waals surface area (Å²) in [5, 5.41) is 19.3.